The van der Waals surface area contributed by atoms with Crippen molar-refractivity contribution in [2.75, 3.05) is 39.6 Å². The highest BCUT2D eigenvalue weighted by molar-refractivity contribution is 7.47. The maximum atomic E-state index is 13.0. The van der Waals surface area contributed by atoms with E-state index in [1.807, 2.05) is 0 Å². The van der Waals surface area contributed by atoms with E-state index in [0.29, 0.717) is 25.7 Å². The first kappa shape index (κ1) is 90.1. The van der Waals surface area contributed by atoms with Crippen molar-refractivity contribution in [3.05, 3.63) is 0 Å². The molecule has 0 aromatic carbocycles. The molecular weight excluding hydrogens is 1210 g/mol. The summed E-state index contributed by atoms with van der Waals surface area (Å²) in [5.41, 5.74) is 0. The van der Waals surface area contributed by atoms with Crippen LogP contribution in [-0.4, -0.2) is 96.7 Å². The third kappa shape index (κ3) is 64.1. The second-order valence-electron chi connectivity index (χ2n) is 26.8. The molecule has 0 heterocycles. The second-order valence-corrected chi connectivity index (χ2v) is 29.7. The van der Waals surface area contributed by atoms with Gasteiger partial charge in [-0.2, -0.15) is 0 Å². The number of esters is 4. The lowest BCUT2D eigenvalue weighted by molar-refractivity contribution is -0.161. The number of carbonyl (C=O) groups excluding carboxylic acids is 4. The standard InChI is InChI=1S/C73H142O17P2/c1-7-11-13-15-17-19-20-21-22-23-24-25-26-27-28-29-30-32-38-45-51-57-72(77)89-68(61-84-71(76)56-50-44-37-34-33-35-41-47-53-65(5)9-3)63-87-91(79,80)85-59-67(74)60-86-92(81,82)88-64-69(62-83-70(75)55-49-43-36-31-18-16-14-12-8-2)90-73(78)58-52-46-40-39-42-48-54-66(6)10-4/h65-69,74H,7-64H2,1-6H3,(H,79,80)(H,81,82)/t65?,66?,67-,68-,69-/m1/s1. The maximum absolute atomic E-state index is 13.0. The van der Waals surface area contributed by atoms with Crippen molar-refractivity contribution in [3.8, 4) is 0 Å². The number of ether oxygens (including phenoxy) is 4. The predicted octanol–water partition coefficient (Wildman–Crippen LogP) is 21.2. The Kier molecular flexibility index (Phi) is 63.7. The molecule has 0 aliphatic carbocycles. The van der Waals surface area contributed by atoms with E-state index >= 15 is 0 Å². The van der Waals surface area contributed by atoms with Gasteiger partial charge in [0.25, 0.3) is 0 Å². The highest BCUT2D eigenvalue weighted by Gasteiger charge is 2.30. The molecule has 0 aliphatic rings. The van der Waals surface area contributed by atoms with Crippen LogP contribution in [0.25, 0.3) is 0 Å². The van der Waals surface area contributed by atoms with E-state index in [1.54, 1.807) is 0 Å². The normalized spacial score (nSPS) is 14.7. The smallest absolute Gasteiger partial charge is 0.462 e. The SMILES string of the molecule is CCCCCCCCCCCCCCCCCCCCCCCC(=O)O[C@H](COC(=O)CCCCCCCCCCC(C)CC)COP(=O)(O)OC[C@@H](O)COP(=O)(O)OC[C@@H](COC(=O)CCCCCCCCCCC)OC(=O)CCCCCCCCC(C)CC. The summed E-state index contributed by atoms with van der Waals surface area (Å²) in [5.74, 6) is -0.628. The van der Waals surface area contributed by atoms with E-state index < -0.39 is 97.5 Å². The van der Waals surface area contributed by atoms with Gasteiger partial charge in [-0.1, -0.05) is 324 Å². The molecule has 0 aliphatic heterocycles. The fourth-order valence-electron chi connectivity index (χ4n) is 11.1. The van der Waals surface area contributed by atoms with Gasteiger partial charge in [0.15, 0.2) is 12.2 Å². The first-order valence-electron chi connectivity index (χ1n) is 38.1. The summed E-state index contributed by atoms with van der Waals surface area (Å²) < 4.78 is 68.3. The van der Waals surface area contributed by atoms with Gasteiger partial charge >= 0.3 is 39.5 Å². The summed E-state index contributed by atoms with van der Waals surface area (Å²) in [4.78, 5) is 72.6. The lowest BCUT2D eigenvalue weighted by Gasteiger charge is -2.21. The van der Waals surface area contributed by atoms with E-state index in [2.05, 4.69) is 41.5 Å². The molecule has 546 valence electrons. The van der Waals surface area contributed by atoms with Gasteiger partial charge in [-0.3, -0.25) is 37.3 Å². The van der Waals surface area contributed by atoms with Crippen LogP contribution in [0.15, 0.2) is 0 Å². The number of aliphatic hydroxyl groups excluding tert-OH is 1. The van der Waals surface area contributed by atoms with Crippen LogP contribution < -0.4 is 0 Å². The molecule has 0 radical (unpaired) electrons. The minimum Gasteiger partial charge on any atom is -0.462 e. The van der Waals surface area contributed by atoms with E-state index in [0.717, 1.165) is 102 Å². The molecule has 19 heteroatoms. The van der Waals surface area contributed by atoms with Crippen molar-refractivity contribution in [2.24, 2.45) is 11.8 Å². The average molecular weight is 1350 g/mol. The minimum absolute atomic E-state index is 0.103. The van der Waals surface area contributed by atoms with Gasteiger partial charge in [-0.15, -0.1) is 0 Å². The van der Waals surface area contributed by atoms with Crippen molar-refractivity contribution in [1.29, 1.82) is 0 Å². The number of aliphatic hydroxyl groups is 1. The molecule has 0 bridgehead atoms. The van der Waals surface area contributed by atoms with Crippen molar-refractivity contribution in [1.82, 2.24) is 0 Å². The predicted molar refractivity (Wildman–Crippen MR) is 372 cm³/mol. The molecule has 7 atom stereocenters. The zero-order valence-electron chi connectivity index (χ0n) is 59.9. The van der Waals surface area contributed by atoms with E-state index in [9.17, 15) is 43.2 Å². The molecule has 0 aromatic rings. The minimum atomic E-state index is -4.95. The lowest BCUT2D eigenvalue weighted by atomic mass is 9.99. The summed E-state index contributed by atoms with van der Waals surface area (Å²) in [7, 11) is -9.90. The largest absolute Gasteiger partial charge is 0.472 e. The number of hydrogen-bond acceptors (Lipinski definition) is 15. The molecule has 0 aromatic heterocycles. The molecule has 0 rings (SSSR count). The van der Waals surface area contributed by atoms with Crippen LogP contribution in [0.1, 0.15) is 375 Å². The van der Waals surface area contributed by atoms with E-state index in [4.69, 9.17) is 37.0 Å². The van der Waals surface area contributed by atoms with Gasteiger partial charge < -0.3 is 33.8 Å². The molecule has 4 unspecified atom stereocenters. The zero-order valence-corrected chi connectivity index (χ0v) is 61.6. The first-order chi connectivity index (χ1) is 44.4. The molecule has 0 fully saturated rings. The number of phosphoric acid groups is 2. The van der Waals surface area contributed by atoms with Gasteiger partial charge in [-0.05, 0) is 37.5 Å². The third-order valence-electron chi connectivity index (χ3n) is 17.7. The molecule has 0 saturated heterocycles. The Hall–Kier alpha value is -1.94. The van der Waals surface area contributed by atoms with E-state index in [-0.39, 0.29) is 25.7 Å². The van der Waals surface area contributed by atoms with Crippen molar-refractivity contribution in [2.45, 2.75) is 394 Å². The van der Waals surface area contributed by atoms with Crippen LogP contribution in [0.2, 0.25) is 0 Å². The molecule has 17 nitrogen and oxygen atoms in total. The van der Waals surface area contributed by atoms with Gasteiger partial charge in [0, 0.05) is 25.7 Å². The third-order valence-corrected chi connectivity index (χ3v) is 19.6. The van der Waals surface area contributed by atoms with Gasteiger partial charge in [0.05, 0.1) is 26.4 Å². The first-order valence-corrected chi connectivity index (χ1v) is 41.1. The molecule has 0 spiro atoms. The lowest BCUT2D eigenvalue weighted by Crippen LogP contribution is -2.30. The number of carbonyl (C=O) groups is 4. The molecule has 0 amide bonds. The number of phosphoric ester groups is 2. The highest BCUT2D eigenvalue weighted by atomic mass is 31.2. The highest BCUT2D eigenvalue weighted by Crippen LogP contribution is 2.45. The topological polar surface area (TPSA) is 237 Å². The second kappa shape index (κ2) is 65.0. The number of rotatable bonds is 72. The Labute approximate surface area is 562 Å². The summed E-state index contributed by atoms with van der Waals surface area (Å²) in [6.45, 7) is 9.50. The maximum Gasteiger partial charge on any atom is 0.472 e. The Bertz CT molecular complexity index is 1790. The average Bonchev–Trinajstić information content (AvgIpc) is 3.23. The van der Waals surface area contributed by atoms with Crippen molar-refractivity contribution in [3.63, 3.8) is 0 Å². The summed E-state index contributed by atoms with van der Waals surface area (Å²) >= 11 is 0. The molecule has 3 N–H and O–H groups in total. The zero-order chi connectivity index (χ0) is 67.9. The fourth-order valence-corrected chi connectivity index (χ4v) is 12.6. The quantitative estimate of drug-likeness (QED) is 0.0222. The molecule has 0 saturated carbocycles. The summed E-state index contributed by atoms with van der Waals surface area (Å²) in [5, 5.41) is 10.6. The Morgan fingerprint density at radius 1 is 0.304 bits per heavy atom. The van der Waals surface area contributed by atoms with Gasteiger partial charge in [-0.25, -0.2) is 9.13 Å². The van der Waals surface area contributed by atoms with Gasteiger partial charge in [0.1, 0.15) is 19.3 Å². The Balaban J connectivity index is 5.17. The van der Waals surface area contributed by atoms with Crippen LogP contribution in [0.4, 0.5) is 0 Å². The van der Waals surface area contributed by atoms with E-state index in [1.165, 1.54) is 193 Å². The summed E-state index contributed by atoms with van der Waals surface area (Å²) in [6, 6.07) is 0. The van der Waals surface area contributed by atoms with Gasteiger partial charge in [0.2, 0.25) is 0 Å². The number of hydrogen-bond donors (Lipinski definition) is 3. The Morgan fingerprint density at radius 2 is 0.522 bits per heavy atom. The monoisotopic (exact) mass is 1350 g/mol. The van der Waals surface area contributed by atoms with Crippen LogP contribution >= 0.6 is 15.6 Å². The Morgan fingerprint density at radius 3 is 0.772 bits per heavy atom. The van der Waals surface area contributed by atoms with Crippen LogP contribution in [0.5, 0.6) is 0 Å². The fraction of sp³-hybridized carbons (Fsp3) is 0.945. The number of unbranched alkanes of at least 4 members (excludes halogenated alkanes) is 40. The molecular formula is C73H142O17P2. The molecule has 92 heavy (non-hydrogen) atoms. The van der Waals surface area contributed by atoms with Crippen LogP contribution in [0, 0.1) is 11.8 Å². The van der Waals surface area contributed by atoms with Crippen LogP contribution in [-0.2, 0) is 65.4 Å². The summed E-state index contributed by atoms with van der Waals surface area (Å²) in [6.07, 6.45) is 51.5. The van der Waals surface area contributed by atoms with Crippen molar-refractivity contribution >= 4 is 39.5 Å². The van der Waals surface area contributed by atoms with Crippen molar-refractivity contribution < 1.29 is 80.2 Å². The van der Waals surface area contributed by atoms with Crippen LogP contribution in [0.3, 0.4) is 0 Å².